The number of hydrogen-bond donors (Lipinski definition) is 0. The molecule has 1 saturated heterocycles. The Kier molecular flexibility index (Phi) is 3.61. The van der Waals surface area contributed by atoms with Crippen molar-refractivity contribution in [2.45, 2.75) is 38.4 Å². The van der Waals surface area contributed by atoms with E-state index in [4.69, 9.17) is 0 Å². The molecule has 1 aromatic rings. The maximum absolute atomic E-state index is 12.7. The van der Waals surface area contributed by atoms with Gasteiger partial charge in [0.15, 0.2) is 0 Å². The third kappa shape index (κ3) is 2.82. The molecule has 0 bridgehead atoms. The second-order valence-corrected chi connectivity index (χ2v) is 5.38. The average Bonchev–Trinajstić information content (AvgIpc) is 2.85. The molecule has 1 fully saturated rings. The summed E-state index contributed by atoms with van der Waals surface area (Å²) in [5.41, 5.74) is 0.551. The van der Waals surface area contributed by atoms with Gasteiger partial charge in [-0.1, -0.05) is 0 Å². The summed E-state index contributed by atoms with van der Waals surface area (Å²) in [6, 6.07) is -1.62. The summed E-state index contributed by atoms with van der Waals surface area (Å²) in [5.74, 6) is -0.486. The molecular weight excluding hydrogens is 265 g/mol. The summed E-state index contributed by atoms with van der Waals surface area (Å²) < 4.78 is 38.1. The average molecular weight is 278 g/mol. The normalized spacial score (nSPS) is 20.4. The van der Waals surface area contributed by atoms with Crippen LogP contribution in [0.2, 0.25) is 0 Å². The van der Waals surface area contributed by atoms with E-state index in [1.165, 1.54) is 11.3 Å². The van der Waals surface area contributed by atoms with Crippen molar-refractivity contribution in [3.8, 4) is 0 Å². The largest absolute Gasteiger partial charge is 0.408 e. The van der Waals surface area contributed by atoms with Gasteiger partial charge in [0.2, 0.25) is 5.91 Å². The number of rotatable bonds is 2. The lowest BCUT2D eigenvalue weighted by molar-refractivity contribution is -0.182. The van der Waals surface area contributed by atoms with Crippen LogP contribution in [0.3, 0.4) is 0 Å². The lowest BCUT2D eigenvalue weighted by atomic mass is 10.2. The van der Waals surface area contributed by atoms with Crippen LogP contribution in [-0.4, -0.2) is 34.6 Å². The minimum absolute atomic E-state index is 0.00529. The van der Waals surface area contributed by atoms with Crippen LogP contribution in [-0.2, 0) is 11.2 Å². The number of amides is 1. The molecule has 0 saturated carbocycles. The Labute approximate surface area is 107 Å². The number of halogens is 3. The van der Waals surface area contributed by atoms with Crippen LogP contribution in [0.5, 0.6) is 0 Å². The van der Waals surface area contributed by atoms with Gasteiger partial charge in [-0.2, -0.15) is 13.2 Å². The van der Waals surface area contributed by atoms with Gasteiger partial charge < -0.3 is 4.90 Å². The Morgan fingerprint density at radius 3 is 2.89 bits per heavy atom. The molecule has 0 unspecified atom stereocenters. The first-order valence-electron chi connectivity index (χ1n) is 5.65. The molecule has 18 heavy (non-hydrogen) atoms. The molecule has 1 aliphatic heterocycles. The maximum atomic E-state index is 12.7. The van der Waals surface area contributed by atoms with Gasteiger partial charge in [0.1, 0.15) is 6.04 Å². The van der Waals surface area contributed by atoms with Crippen molar-refractivity contribution in [3.63, 3.8) is 0 Å². The van der Waals surface area contributed by atoms with E-state index in [0.29, 0.717) is 12.1 Å². The molecule has 1 aromatic heterocycles. The molecule has 1 amide bonds. The highest BCUT2D eigenvalue weighted by Crippen LogP contribution is 2.32. The minimum Gasteiger partial charge on any atom is -0.330 e. The number of carbonyl (C=O) groups excluding carboxylic acids is 1. The van der Waals surface area contributed by atoms with Crippen molar-refractivity contribution in [1.29, 1.82) is 0 Å². The second-order valence-electron chi connectivity index (χ2n) is 4.32. The van der Waals surface area contributed by atoms with E-state index < -0.39 is 18.1 Å². The quantitative estimate of drug-likeness (QED) is 0.833. The summed E-state index contributed by atoms with van der Waals surface area (Å²) in [4.78, 5) is 16.9. The SMILES string of the molecule is Cc1nc(CC(=O)N2CCC[C@@H]2C(F)(F)F)cs1. The highest BCUT2D eigenvalue weighted by atomic mass is 32.1. The maximum Gasteiger partial charge on any atom is 0.408 e. The third-order valence-corrected chi connectivity index (χ3v) is 3.77. The second kappa shape index (κ2) is 4.87. The molecule has 1 aliphatic rings. The van der Waals surface area contributed by atoms with Crippen molar-refractivity contribution >= 4 is 17.2 Å². The zero-order chi connectivity index (χ0) is 13.3. The van der Waals surface area contributed by atoms with Crippen LogP contribution < -0.4 is 0 Å². The van der Waals surface area contributed by atoms with E-state index >= 15 is 0 Å². The van der Waals surface area contributed by atoms with E-state index in [0.717, 1.165) is 9.91 Å². The van der Waals surface area contributed by atoms with Crippen LogP contribution >= 0.6 is 11.3 Å². The molecule has 0 radical (unpaired) electrons. The molecule has 100 valence electrons. The summed E-state index contributed by atoms with van der Waals surface area (Å²) in [7, 11) is 0. The van der Waals surface area contributed by atoms with E-state index in [9.17, 15) is 18.0 Å². The topological polar surface area (TPSA) is 33.2 Å². The fraction of sp³-hybridized carbons (Fsp3) is 0.636. The lowest BCUT2D eigenvalue weighted by Gasteiger charge is -2.26. The van der Waals surface area contributed by atoms with Gasteiger partial charge in [-0.15, -0.1) is 11.3 Å². The molecule has 7 heteroatoms. The lowest BCUT2D eigenvalue weighted by Crippen LogP contribution is -2.45. The van der Waals surface area contributed by atoms with Gasteiger partial charge >= 0.3 is 6.18 Å². The van der Waals surface area contributed by atoms with Gasteiger partial charge in [-0.05, 0) is 19.8 Å². The predicted octanol–water partition coefficient (Wildman–Crippen LogP) is 2.55. The minimum atomic E-state index is -4.33. The summed E-state index contributed by atoms with van der Waals surface area (Å²) in [6.07, 6.45) is -3.96. The van der Waals surface area contributed by atoms with E-state index in [-0.39, 0.29) is 19.4 Å². The molecule has 1 atom stereocenters. The third-order valence-electron chi connectivity index (χ3n) is 2.95. The molecule has 2 rings (SSSR count). The highest BCUT2D eigenvalue weighted by Gasteiger charge is 2.47. The van der Waals surface area contributed by atoms with Crippen molar-refractivity contribution in [3.05, 3.63) is 16.1 Å². The fourth-order valence-electron chi connectivity index (χ4n) is 2.15. The number of alkyl halides is 3. The number of hydrogen-bond acceptors (Lipinski definition) is 3. The van der Waals surface area contributed by atoms with Crippen LogP contribution in [0.4, 0.5) is 13.2 Å². The van der Waals surface area contributed by atoms with Crippen LogP contribution in [0.15, 0.2) is 5.38 Å². The molecule has 0 spiro atoms. The smallest absolute Gasteiger partial charge is 0.330 e. The number of aryl methyl sites for hydroxylation is 1. The number of likely N-dealkylation sites (tertiary alicyclic amines) is 1. The van der Waals surface area contributed by atoms with Crippen LogP contribution in [0.1, 0.15) is 23.5 Å². The zero-order valence-electron chi connectivity index (χ0n) is 9.83. The molecule has 0 N–H and O–H groups in total. The van der Waals surface area contributed by atoms with Gasteiger partial charge in [0.05, 0.1) is 17.1 Å². The molecular formula is C11H13F3N2OS. The Morgan fingerprint density at radius 2 is 2.33 bits per heavy atom. The Bertz CT molecular complexity index is 444. The van der Waals surface area contributed by atoms with E-state index in [1.54, 1.807) is 12.3 Å². The van der Waals surface area contributed by atoms with Crippen LogP contribution in [0.25, 0.3) is 0 Å². The first-order chi connectivity index (χ1) is 8.38. The first-order valence-corrected chi connectivity index (χ1v) is 6.53. The first kappa shape index (κ1) is 13.3. The van der Waals surface area contributed by atoms with Crippen LogP contribution in [0, 0.1) is 6.92 Å². The summed E-state index contributed by atoms with van der Waals surface area (Å²) in [5, 5.41) is 2.53. The van der Waals surface area contributed by atoms with Crippen molar-refractivity contribution in [2.75, 3.05) is 6.54 Å². The van der Waals surface area contributed by atoms with Gasteiger partial charge in [-0.3, -0.25) is 4.79 Å². The summed E-state index contributed by atoms with van der Waals surface area (Å²) in [6.45, 7) is 1.99. The Morgan fingerprint density at radius 1 is 1.61 bits per heavy atom. The van der Waals surface area contributed by atoms with Crippen molar-refractivity contribution < 1.29 is 18.0 Å². The molecule has 3 nitrogen and oxygen atoms in total. The van der Waals surface area contributed by atoms with E-state index in [2.05, 4.69) is 4.98 Å². The van der Waals surface area contributed by atoms with Gasteiger partial charge in [-0.25, -0.2) is 4.98 Å². The van der Waals surface area contributed by atoms with Crippen molar-refractivity contribution in [2.24, 2.45) is 0 Å². The standard InChI is InChI=1S/C11H13F3N2OS/c1-7-15-8(6-18-7)5-10(17)16-4-2-3-9(16)11(12,13)14/h6,9H,2-5H2,1H3/t9-/m1/s1. The monoisotopic (exact) mass is 278 g/mol. The van der Waals surface area contributed by atoms with E-state index in [1.807, 2.05) is 0 Å². The molecule has 2 heterocycles. The van der Waals surface area contributed by atoms with Gasteiger partial charge in [0, 0.05) is 11.9 Å². The Balaban J connectivity index is 2.04. The fourth-order valence-corrected chi connectivity index (χ4v) is 2.76. The zero-order valence-corrected chi connectivity index (χ0v) is 10.6. The Hall–Kier alpha value is -1.11. The molecule has 0 aliphatic carbocycles. The number of carbonyl (C=O) groups is 1. The number of thiazole rings is 1. The number of aromatic nitrogens is 1. The predicted molar refractivity (Wildman–Crippen MR) is 61.3 cm³/mol. The van der Waals surface area contributed by atoms with Gasteiger partial charge in [0.25, 0.3) is 0 Å². The van der Waals surface area contributed by atoms with Crippen molar-refractivity contribution in [1.82, 2.24) is 9.88 Å². The molecule has 0 aromatic carbocycles. The highest BCUT2D eigenvalue weighted by molar-refractivity contribution is 7.09. The number of nitrogens with zero attached hydrogens (tertiary/aromatic N) is 2. The summed E-state index contributed by atoms with van der Waals surface area (Å²) >= 11 is 1.39.